The van der Waals surface area contributed by atoms with E-state index >= 15 is 0 Å². The molecule has 8 heavy (non-hydrogen) atoms. The van der Waals surface area contributed by atoms with Crippen molar-refractivity contribution in [2.75, 3.05) is 5.75 Å². The molecule has 0 atom stereocenters. The first kappa shape index (κ1) is 8.17. The van der Waals surface area contributed by atoms with Gasteiger partial charge in [-0.1, -0.05) is 13.3 Å². The van der Waals surface area contributed by atoms with Crippen LogP contribution >= 0.6 is 0 Å². The summed E-state index contributed by atoms with van der Waals surface area (Å²) in [6, 6.07) is 0. The van der Waals surface area contributed by atoms with Crippen LogP contribution in [0.1, 0.15) is 19.8 Å². The van der Waals surface area contributed by atoms with Crippen molar-refractivity contribution >= 4 is 18.7 Å². The second-order valence-corrected chi connectivity index (χ2v) is 7.98. The second-order valence-electron chi connectivity index (χ2n) is 1.98. The van der Waals surface area contributed by atoms with E-state index in [1.807, 2.05) is 6.92 Å². The molecule has 0 aliphatic carbocycles. The fraction of sp³-hybridized carbons (Fsp3) is 1.00. The Morgan fingerprint density at radius 3 is 2.12 bits per heavy atom. The lowest BCUT2D eigenvalue weighted by Gasteiger charge is -1.91. The molecule has 0 saturated carbocycles. The van der Waals surface area contributed by atoms with Crippen molar-refractivity contribution in [1.82, 2.24) is 0 Å². The third kappa shape index (κ3) is 6.17. The minimum absolute atomic E-state index is 0.315. The number of unbranched alkanes of at least 4 members (excludes halogenated alkanes) is 1. The predicted octanol–water partition coefficient (Wildman–Crippen LogP) is -0.518. The lowest BCUT2D eigenvalue weighted by Crippen LogP contribution is -2.03. The molecule has 0 aromatic carbocycles. The molecule has 0 rings (SSSR count). The topological polar surface area (TPSA) is 34.1 Å². The predicted molar refractivity (Wildman–Crippen MR) is 38.6 cm³/mol. The Kier molecular flexibility index (Phi) is 3.31. The van der Waals surface area contributed by atoms with Crippen molar-refractivity contribution in [3.8, 4) is 0 Å². The van der Waals surface area contributed by atoms with E-state index in [0.29, 0.717) is 15.1 Å². The Hall–Kier alpha value is 0.167. The van der Waals surface area contributed by atoms with Crippen molar-refractivity contribution in [3.63, 3.8) is 0 Å². The van der Waals surface area contributed by atoms with E-state index in [9.17, 15) is 8.42 Å². The van der Waals surface area contributed by atoms with Gasteiger partial charge in [-0.15, -0.1) is 0 Å². The van der Waals surface area contributed by atoms with Gasteiger partial charge in [0.15, 0.2) is 0 Å². The third-order valence-corrected chi connectivity index (χ3v) is 3.12. The Labute approximate surface area is 53.3 Å². The molecule has 0 N–H and O–H groups in total. The van der Waals surface area contributed by atoms with Gasteiger partial charge in [0, 0.05) is 5.75 Å². The van der Waals surface area contributed by atoms with E-state index in [4.69, 9.17) is 0 Å². The van der Waals surface area contributed by atoms with Gasteiger partial charge in [-0.2, -0.15) is 0 Å². The minimum atomic E-state index is -2.55. The summed E-state index contributed by atoms with van der Waals surface area (Å²) in [4.78, 5) is 0. The van der Waals surface area contributed by atoms with Crippen LogP contribution in [0.4, 0.5) is 0 Å². The lowest BCUT2D eigenvalue weighted by molar-refractivity contribution is 0.606. The molecule has 0 fully saturated rings. The molecule has 0 saturated heterocycles. The van der Waals surface area contributed by atoms with Gasteiger partial charge in [0.25, 0.3) is 0 Å². The summed E-state index contributed by atoms with van der Waals surface area (Å²) in [7, 11) is -2.23. The molecule has 0 heterocycles. The molecule has 0 aromatic rings. The molecule has 0 amide bonds. The average molecular weight is 152 g/mol. The van der Waals surface area contributed by atoms with Gasteiger partial charge in [-0.05, 0) is 6.42 Å². The molecular formula is C4H12O2SSi. The van der Waals surface area contributed by atoms with Gasteiger partial charge in [-0.3, -0.25) is 0 Å². The zero-order valence-electron chi connectivity index (χ0n) is 5.35. The summed E-state index contributed by atoms with van der Waals surface area (Å²) < 4.78 is 20.9. The van der Waals surface area contributed by atoms with E-state index < -0.39 is 9.29 Å². The molecule has 0 spiro atoms. The van der Waals surface area contributed by atoms with Crippen LogP contribution in [0.25, 0.3) is 0 Å². The SMILES string of the molecule is CCCCS(=O)(=O)[SiH3]. The highest BCUT2D eigenvalue weighted by Crippen LogP contribution is 1.90. The maximum atomic E-state index is 10.5. The number of rotatable bonds is 3. The van der Waals surface area contributed by atoms with E-state index in [1.165, 1.54) is 0 Å². The van der Waals surface area contributed by atoms with Crippen LogP contribution < -0.4 is 0 Å². The van der Waals surface area contributed by atoms with Crippen molar-refractivity contribution in [2.45, 2.75) is 19.8 Å². The molecule has 0 aromatic heterocycles. The van der Waals surface area contributed by atoms with Crippen molar-refractivity contribution in [1.29, 1.82) is 0 Å². The highest BCUT2D eigenvalue weighted by Gasteiger charge is 1.97. The van der Waals surface area contributed by atoms with E-state index in [2.05, 4.69) is 0 Å². The Morgan fingerprint density at radius 2 is 2.00 bits per heavy atom. The molecule has 0 radical (unpaired) electrons. The zero-order chi connectivity index (χ0) is 6.62. The number of hydrogen-bond donors (Lipinski definition) is 0. The van der Waals surface area contributed by atoms with Gasteiger partial charge in [0.1, 0.15) is 18.7 Å². The Bertz CT molecular complexity index is 138. The smallest absolute Gasteiger partial charge is 0.148 e. The van der Waals surface area contributed by atoms with Gasteiger partial charge < -0.3 is 0 Å². The largest absolute Gasteiger partial charge is 0.237 e. The van der Waals surface area contributed by atoms with Crippen molar-refractivity contribution in [3.05, 3.63) is 0 Å². The van der Waals surface area contributed by atoms with E-state index in [0.717, 1.165) is 12.8 Å². The fourth-order valence-electron chi connectivity index (χ4n) is 0.407. The molecular weight excluding hydrogens is 140 g/mol. The molecule has 0 aliphatic rings. The maximum Gasteiger partial charge on any atom is 0.148 e. The quantitative estimate of drug-likeness (QED) is 0.510. The highest BCUT2D eigenvalue weighted by atomic mass is 32.4. The first-order valence-corrected chi connectivity index (χ1v) is 7.25. The van der Waals surface area contributed by atoms with Crippen molar-refractivity contribution in [2.24, 2.45) is 0 Å². The molecule has 2 nitrogen and oxygen atoms in total. The summed E-state index contributed by atoms with van der Waals surface area (Å²) in [6.45, 7) is 1.99. The summed E-state index contributed by atoms with van der Waals surface area (Å²) in [5.41, 5.74) is 0. The van der Waals surface area contributed by atoms with Crippen molar-refractivity contribution < 1.29 is 8.42 Å². The van der Waals surface area contributed by atoms with Gasteiger partial charge in [0.2, 0.25) is 0 Å². The molecule has 50 valence electrons. The molecule has 4 heteroatoms. The maximum absolute atomic E-state index is 10.5. The first-order chi connectivity index (χ1) is 3.56. The normalized spacial score (nSPS) is 12.1. The standard InChI is InChI=1S/C4H12O2SSi/c1-2-3-4-7(5,6)8/h2-4H2,1,8H3. The second kappa shape index (κ2) is 3.24. The fourth-order valence-corrected chi connectivity index (χ4v) is 2.09. The van der Waals surface area contributed by atoms with Gasteiger partial charge in [0.05, 0.1) is 0 Å². The highest BCUT2D eigenvalue weighted by molar-refractivity contribution is 8.12. The summed E-state index contributed by atoms with van der Waals surface area (Å²) in [6.07, 6.45) is 1.80. The van der Waals surface area contributed by atoms with Crippen LogP contribution in [0.15, 0.2) is 0 Å². The Morgan fingerprint density at radius 1 is 1.50 bits per heavy atom. The average Bonchev–Trinajstić information content (AvgIpc) is 1.59. The van der Waals surface area contributed by atoms with E-state index in [-0.39, 0.29) is 0 Å². The minimum Gasteiger partial charge on any atom is -0.237 e. The summed E-state index contributed by atoms with van der Waals surface area (Å²) in [5.74, 6) is 0.399. The van der Waals surface area contributed by atoms with Crippen LogP contribution in [-0.2, 0) is 9.29 Å². The monoisotopic (exact) mass is 152 g/mol. The van der Waals surface area contributed by atoms with Crippen LogP contribution in [0.5, 0.6) is 0 Å². The van der Waals surface area contributed by atoms with Gasteiger partial charge >= 0.3 is 0 Å². The summed E-state index contributed by atoms with van der Waals surface area (Å²) >= 11 is 0. The molecule has 0 aliphatic heterocycles. The molecule has 0 bridgehead atoms. The van der Waals surface area contributed by atoms with Crippen LogP contribution in [-0.4, -0.2) is 23.6 Å². The number of hydrogen-bond acceptors (Lipinski definition) is 2. The third-order valence-electron chi connectivity index (χ3n) is 0.869. The Balaban J connectivity index is 3.42. The first-order valence-electron chi connectivity index (χ1n) is 2.74. The van der Waals surface area contributed by atoms with Crippen LogP contribution in [0, 0.1) is 0 Å². The van der Waals surface area contributed by atoms with Gasteiger partial charge in [-0.25, -0.2) is 8.42 Å². The van der Waals surface area contributed by atoms with E-state index in [1.54, 1.807) is 0 Å². The van der Waals surface area contributed by atoms with Crippen LogP contribution in [0.3, 0.4) is 0 Å². The summed E-state index contributed by atoms with van der Waals surface area (Å²) in [5, 5.41) is 0. The van der Waals surface area contributed by atoms with Crippen LogP contribution in [0.2, 0.25) is 0 Å². The lowest BCUT2D eigenvalue weighted by atomic mass is 10.4. The molecule has 0 unspecified atom stereocenters. The zero-order valence-corrected chi connectivity index (χ0v) is 8.16.